The molecule has 0 aromatic carbocycles. The minimum atomic E-state index is -1.08. The summed E-state index contributed by atoms with van der Waals surface area (Å²) in [5, 5.41) is 20.7. The fraction of sp³-hybridized carbons (Fsp3) is 0.455. The molecule has 0 aliphatic carbocycles. The van der Waals surface area contributed by atoms with Crippen LogP contribution in [-0.4, -0.2) is 49.6 Å². The zero-order valence-corrected chi connectivity index (χ0v) is 12.5. The molecular formula is C11H14IN5O3. The number of halogens is 1. The van der Waals surface area contributed by atoms with E-state index in [0.29, 0.717) is 16.9 Å². The highest BCUT2D eigenvalue weighted by atomic mass is 127. The van der Waals surface area contributed by atoms with Crippen LogP contribution in [0.3, 0.4) is 0 Å². The second-order valence-electron chi connectivity index (χ2n) is 4.62. The molecule has 0 saturated carbocycles. The number of aromatic nitrogens is 3. The van der Waals surface area contributed by atoms with Crippen molar-refractivity contribution < 1.29 is 14.9 Å². The summed E-state index contributed by atoms with van der Waals surface area (Å²) >= 11 is 2.11. The number of nitrogens with zero attached hydrogens (tertiary/aromatic N) is 3. The average molecular weight is 391 g/mol. The quantitative estimate of drug-likeness (QED) is 0.493. The van der Waals surface area contributed by atoms with Gasteiger partial charge < -0.3 is 31.0 Å². The molecule has 0 unspecified atom stereocenters. The van der Waals surface area contributed by atoms with Gasteiger partial charge in [-0.1, -0.05) is 0 Å². The van der Waals surface area contributed by atoms with Crippen LogP contribution >= 0.6 is 22.6 Å². The van der Waals surface area contributed by atoms with E-state index in [4.69, 9.17) is 16.2 Å². The minimum Gasteiger partial charge on any atom is -0.387 e. The fourth-order valence-electron chi connectivity index (χ4n) is 2.41. The van der Waals surface area contributed by atoms with Crippen molar-refractivity contribution >= 4 is 39.4 Å². The topological polar surface area (TPSA) is 132 Å². The van der Waals surface area contributed by atoms with E-state index in [9.17, 15) is 10.2 Å². The molecule has 3 rings (SSSR count). The van der Waals surface area contributed by atoms with Crippen molar-refractivity contribution in [3.63, 3.8) is 0 Å². The highest BCUT2D eigenvalue weighted by molar-refractivity contribution is 14.1. The van der Waals surface area contributed by atoms with Crippen LogP contribution in [-0.2, 0) is 4.74 Å². The molecule has 1 saturated heterocycles. The molecule has 20 heavy (non-hydrogen) atoms. The predicted octanol–water partition coefficient (Wildman–Crippen LogP) is -0.804. The molecule has 0 amide bonds. The number of anilines is 1. The summed E-state index contributed by atoms with van der Waals surface area (Å²) in [7, 11) is 0. The SMILES string of the molecule is NC[C@H]1O[C@@H](n2cc(I)c3c(N)ncnc32)[C@H](O)[C@@H]1O. The summed E-state index contributed by atoms with van der Waals surface area (Å²) in [6, 6.07) is 0. The molecule has 1 fully saturated rings. The third kappa shape index (κ3) is 1.97. The number of aliphatic hydroxyl groups is 2. The number of rotatable bonds is 2. The molecule has 6 N–H and O–H groups in total. The van der Waals surface area contributed by atoms with Gasteiger partial charge in [0.05, 0.1) is 5.39 Å². The number of nitrogen functional groups attached to an aromatic ring is 1. The largest absolute Gasteiger partial charge is 0.387 e. The number of fused-ring (bicyclic) bond motifs is 1. The smallest absolute Gasteiger partial charge is 0.164 e. The standard InChI is InChI=1S/C11H14IN5O3/c12-4-2-17(10-6(4)9(14)15-3-16-10)11-8(19)7(18)5(1-13)20-11/h2-3,5,7-8,11,18-19H,1,13H2,(H2,14,15,16)/t5-,7-,8-,11-/m1/s1. The van der Waals surface area contributed by atoms with Gasteiger partial charge in [0.1, 0.15) is 36.1 Å². The van der Waals surface area contributed by atoms with Crippen LogP contribution in [0.5, 0.6) is 0 Å². The Hall–Kier alpha value is -1.01. The highest BCUT2D eigenvalue weighted by Crippen LogP contribution is 2.34. The fourth-order valence-corrected chi connectivity index (χ4v) is 3.23. The van der Waals surface area contributed by atoms with Crippen LogP contribution in [0, 0.1) is 3.57 Å². The van der Waals surface area contributed by atoms with Crippen LogP contribution < -0.4 is 11.5 Å². The third-order valence-corrected chi connectivity index (χ3v) is 4.25. The summed E-state index contributed by atoms with van der Waals surface area (Å²) in [5.74, 6) is 0.363. The van der Waals surface area contributed by atoms with E-state index in [1.54, 1.807) is 10.8 Å². The predicted molar refractivity (Wildman–Crippen MR) is 79.6 cm³/mol. The Morgan fingerprint density at radius 3 is 2.75 bits per heavy atom. The maximum absolute atomic E-state index is 10.1. The second kappa shape index (κ2) is 5.07. The lowest BCUT2D eigenvalue weighted by molar-refractivity contribution is -0.0319. The van der Waals surface area contributed by atoms with Gasteiger partial charge in [-0.2, -0.15) is 0 Å². The maximum Gasteiger partial charge on any atom is 0.164 e. The molecule has 1 aliphatic rings. The van der Waals surface area contributed by atoms with Crippen molar-refractivity contribution in [3.05, 3.63) is 16.1 Å². The Bertz CT molecular complexity index is 648. The Kier molecular flexibility index (Phi) is 3.54. The van der Waals surface area contributed by atoms with Gasteiger partial charge in [0.25, 0.3) is 0 Å². The van der Waals surface area contributed by atoms with Gasteiger partial charge in [0.15, 0.2) is 6.23 Å². The molecule has 8 nitrogen and oxygen atoms in total. The van der Waals surface area contributed by atoms with Crippen LogP contribution in [0.25, 0.3) is 11.0 Å². The molecule has 1 aliphatic heterocycles. The van der Waals surface area contributed by atoms with E-state index in [1.165, 1.54) is 6.33 Å². The van der Waals surface area contributed by atoms with Gasteiger partial charge in [-0.3, -0.25) is 0 Å². The first-order chi connectivity index (χ1) is 9.54. The summed E-state index contributed by atoms with van der Waals surface area (Å²) in [6.07, 6.45) is -0.355. The van der Waals surface area contributed by atoms with Crippen molar-refractivity contribution in [2.45, 2.75) is 24.5 Å². The summed E-state index contributed by atoms with van der Waals surface area (Å²) < 4.78 is 8.11. The van der Waals surface area contributed by atoms with Gasteiger partial charge in [-0.15, -0.1) is 0 Å². The summed E-state index contributed by atoms with van der Waals surface area (Å²) in [6.45, 7) is 0.127. The number of ether oxygens (including phenoxy) is 1. The molecule has 4 atom stereocenters. The highest BCUT2D eigenvalue weighted by Gasteiger charge is 2.43. The number of hydrogen-bond donors (Lipinski definition) is 4. The van der Waals surface area contributed by atoms with Crippen molar-refractivity contribution in [1.82, 2.24) is 14.5 Å². The van der Waals surface area contributed by atoms with Gasteiger partial charge in [-0.05, 0) is 22.6 Å². The van der Waals surface area contributed by atoms with Crippen molar-refractivity contribution in [1.29, 1.82) is 0 Å². The van der Waals surface area contributed by atoms with Crippen LogP contribution in [0.15, 0.2) is 12.5 Å². The molecule has 108 valence electrons. The van der Waals surface area contributed by atoms with E-state index in [2.05, 4.69) is 32.6 Å². The third-order valence-electron chi connectivity index (χ3n) is 3.44. The van der Waals surface area contributed by atoms with Gasteiger partial charge in [0.2, 0.25) is 0 Å². The normalized spacial score (nSPS) is 30.2. The van der Waals surface area contributed by atoms with Gasteiger partial charge >= 0.3 is 0 Å². The van der Waals surface area contributed by atoms with Crippen LogP contribution in [0.4, 0.5) is 5.82 Å². The molecular weight excluding hydrogens is 377 g/mol. The minimum absolute atomic E-state index is 0.127. The Balaban J connectivity index is 2.10. The molecule has 9 heteroatoms. The number of aliphatic hydroxyl groups excluding tert-OH is 2. The van der Waals surface area contributed by atoms with Crippen LogP contribution in [0.2, 0.25) is 0 Å². The van der Waals surface area contributed by atoms with E-state index < -0.39 is 24.5 Å². The van der Waals surface area contributed by atoms with Crippen molar-refractivity contribution in [2.24, 2.45) is 5.73 Å². The summed E-state index contributed by atoms with van der Waals surface area (Å²) in [5.41, 5.74) is 11.9. The van der Waals surface area contributed by atoms with Gasteiger partial charge in [0, 0.05) is 16.3 Å². The molecule has 2 aromatic heterocycles. The maximum atomic E-state index is 10.1. The molecule has 0 spiro atoms. The summed E-state index contributed by atoms with van der Waals surface area (Å²) in [4.78, 5) is 8.13. The molecule has 0 bridgehead atoms. The lowest BCUT2D eigenvalue weighted by Gasteiger charge is -2.17. The monoisotopic (exact) mass is 391 g/mol. The zero-order chi connectivity index (χ0) is 14.4. The van der Waals surface area contributed by atoms with Crippen LogP contribution in [0.1, 0.15) is 6.23 Å². The Labute approximate surface area is 127 Å². The molecule has 0 radical (unpaired) electrons. The average Bonchev–Trinajstić information content (AvgIpc) is 2.90. The van der Waals surface area contributed by atoms with E-state index >= 15 is 0 Å². The number of nitrogens with two attached hydrogens (primary N) is 2. The van der Waals surface area contributed by atoms with Crippen molar-refractivity contribution in [2.75, 3.05) is 12.3 Å². The lowest BCUT2D eigenvalue weighted by atomic mass is 10.1. The van der Waals surface area contributed by atoms with Crippen molar-refractivity contribution in [3.8, 4) is 0 Å². The van der Waals surface area contributed by atoms with Gasteiger partial charge in [-0.25, -0.2) is 9.97 Å². The Morgan fingerprint density at radius 2 is 2.10 bits per heavy atom. The zero-order valence-electron chi connectivity index (χ0n) is 10.3. The number of hydrogen-bond acceptors (Lipinski definition) is 7. The molecule has 2 aromatic rings. The lowest BCUT2D eigenvalue weighted by Crippen LogP contribution is -2.35. The van der Waals surface area contributed by atoms with E-state index in [0.717, 1.165) is 3.57 Å². The van der Waals surface area contributed by atoms with E-state index in [1.807, 2.05) is 0 Å². The van der Waals surface area contributed by atoms with E-state index in [-0.39, 0.29) is 6.54 Å². The first kappa shape index (κ1) is 13.9. The first-order valence-electron chi connectivity index (χ1n) is 6.02. The molecule has 3 heterocycles. The first-order valence-corrected chi connectivity index (χ1v) is 7.10. The Morgan fingerprint density at radius 1 is 1.35 bits per heavy atom. The second-order valence-corrected chi connectivity index (χ2v) is 5.79.